The molecule has 0 atom stereocenters. The van der Waals surface area contributed by atoms with Gasteiger partial charge in [0.1, 0.15) is 11.5 Å². The third-order valence-electron chi connectivity index (χ3n) is 4.42. The summed E-state index contributed by atoms with van der Waals surface area (Å²) in [6.07, 6.45) is 6.06. The summed E-state index contributed by atoms with van der Waals surface area (Å²) < 4.78 is 12.7. The molecule has 0 aliphatic carbocycles. The van der Waals surface area contributed by atoms with Gasteiger partial charge in [0.05, 0.1) is 22.9 Å². The monoisotopic (exact) mass is 365 g/mol. The summed E-state index contributed by atoms with van der Waals surface area (Å²) in [6.45, 7) is 5.08. The molecule has 0 aromatic carbocycles. The Hall–Kier alpha value is -3.42. The lowest BCUT2D eigenvalue weighted by Crippen LogP contribution is -2.25. The average Bonchev–Trinajstić information content (AvgIpc) is 3.40. The van der Waals surface area contributed by atoms with Gasteiger partial charge in [0.2, 0.25) is 0 Å². The number of pyridine rings is 1. The summed E-state index contributed by atoms with van der Waals surface area (Å²) in [5.74, 6) is 1.33. The zero-order valence-corrected chi connectivity index (χ0v) is 15.1. The van der Waals surface area contributed by atoms with Gasteiger partial charge in [0.25, 0.3) is 11.6 Å². The molecule has 1 amide bonds. The Morgan fingerprint density at radius 3 is 2.96 bits per heavy atom. The molecular weight excluding hydrogens is 346 g/mol. The van der Waals surface area contributed by atoms with Crippen LogP contribution in [-0.2, 0) is 6.54 Å². The van der Waals surface area contributed by atoms with Crippen molar-refractivity contribution in [1.82, 2.24) is 25.0 Å². The van der Waals surface area contributed by atoms with E-state index in [0.29, 0.717) is 40.4 Å². The van der Waals surface area contributed by atoms with Crippen molar-refractivity contribution in [3.8, 4) is 11.5 Å². The first-order valence-corrected chi connectivity index (χ1v) is 8.70. The minimum absolute atomic E-state index is 0.191. The molecule has 138 valence electrons. The number of hydrogen-bond donors (Lipinski definition) is 1. The Bertz CT molecular complexity index is 1080. The lowest BCUT2D eigenvalue weighted by molar-refractivity contribution is 0.0954. The molecule has 0 saturated carbocycles. The number of carbonyl (C=O) groups is 1. The standard InChI is InChI=1S/C19H19N5O3/c1-12-17-14(18(25)21-6-4-8-24-9-7-20-13(24)2)11-15(16-5-3-10-26-16)22-19(17)27-23-12/h3,5,7,9-11H,4,6,8H2,1-2H3,(H,21,25). The van der Waals surface area contributed by atoms with Crippen LogP contribution in [0.4, 0.5) is 0 Å². The molecule has 0 radical (unpaired) electrons. The minimum atomic E-state index is -0.191. The number of nitrogens with zero attached hydrogens (tertiary/aromatic N) is 4. The minimum Gasteiger partial charge on any atom is -0.463 e. The first-order chi connectivity index (χ1) is 13.1. The maximum absolute atomic E-state index is 12.8. The lowest BCUT2D eigenvalue weighted by atomic mass is 10.1. The van der Waals surface area contributed by atoms with Gasteiger partial charge in [0, 0.05) is 25.5 Å². The van der Waals surface area contributed by atoms with E-state index in [-0.39, 0.29) is 5.91 Å². The van der Waals surface area contributed by atoms with Crippen molar-refractivity contribution in [3.63, 3.8) is 0 Å². The summed E-state index contributed by atoms with van der Waals surface area (Å²) >= 11 is 0. The maximum atomic E-state index is 12.8. The molecule has 4 aromatic heterocycles. The first-order valence-electron chi connectivity index (χ1n) is 8.70. The zero-order chi connectivity index (χ0) is 18.8. The fraction of sp³-hybridized carbons (Fsp3) is 0.263. The molecule has 0 bridgehead atoms. The molecule has 27 heavy (non-hydrogen) atoms. The van der Waals surface area contributed by atoms with Gasteiger partial charge in [-0.2, -0.15) is 0 Å². The first kappa shape index (κ1) is 17.0. The van der Waals surface area contributed by atoms with Crippen molar-refractivity contribution in [3.05, 3.63) is 53.9 Å². The SMILES string of the molecule is Cc1noc2nc(-c3ccco3)cc(C(=O)NCCCn3ccnc3C)c12. The fourth-order valence-electron chi connectivity index (χ4n) is 3.01. The number of imidazole rings is 1. The van der Waals surface area contributed by atoms with Crippen molar-refractivity contribution in [1.29, 1.82) is 0 Å². The number of furan rings is 1. The third-order valence-corrected chi connectivity index (χ3v) is 4.42. The number of rotatable bonds is 6. The van der Waals surface area contributed by atoms with Crippen LogP contribution in [0.5, 0.6) is 0 Å². The maximum Gasteiger partial charge on any atom is 0.259 e. The normalized spacial score (nSPS) is 11.2. The van der Waals surface area contributed by atoms with E-state index in [1.807, 2.05) is 13.1 Å². The van der Waals surface area contributed by atoms with Gasteiger partial charge in [-0.3, -0.25) is 4.79 Å². The smallest absolute Gasteiger partial charge is 0.259 e. The van der Waals surface area contributed by atoms with Crippen molar-refractivity contribution in [2.75, 3.05) is 6.54 Å². The second-order valence-electron chi connectivity index (χ2n) is 6.26. The van der Waals surface area contributed by atoms with E-state index in [1.165, 1.54) is 0 Å². The van der Waals surface area contributed by atoms with E-state index >= 15 is 0 Å². The lowest BCUT2D eigenvalue weighted by Gasteiger charge is -2.08. The highest BCUT2D eigenvalue weighted by Crippen LogP contribution is 2.27. The predicted octanol–water partition coefficient (Wildman–Crippen LogP) is 3.12. The highest BCUT2D eigenvalue weighted by atomic mass is 16.5. The van der Waals surface area contributed by atoms with E-state index in [9.17, 15) is 4.79 Å². The van der Waals surface area contributed by atoms with Crippen LogP contribution in [-0.4, -0.2) is 32.1 Å². The topological polar surface area (TPSA) is 99.0 Å². The van der Waals surface area contributed by atoms with E-state index in [2.05, 4.69) is 25.0 Å². The molecule has 4 heterocycles. The van der Waals surface area contributed by atoms with Gasteiger partial charge in [-0.25, -0.2) is 9.97 Å². The molecule has 0 fully saturated rings. The third kappa shape index (κ3) is 3.33. The van der Waals surface area contributed by atoms with Gasteiger partial charge in [-0.1, -0.05) is 5.16 Å². The summed E-state index contributed by atoms with van der Waals surface area (Å²) in [5.41, 5.74) is 1.95. The predicted molar refractivity (Wildman–Crippen MR) is 98.2 cm³/mol. The van der Waals surface area contributed by atoms with Gasteiger partial charge in [0.15, 0.2) is 5.76 Å². The molecule has 0 spiro atoms. The molecule has 1 N–H and O–H groups in total. The van der Waals surface area contributed by atoms with Crippen molar-refractivity contribution < 1.29 is 13.7 Å². The van der Waals surface area contributed by atoms with Crippen LogP contribution >= 0.6 is 0 Å². The molecule has 0 aliphatic rings. The Labute approximate surface area is 155 Å². The zero-order valence-electron chi connectivity index (χ0n) is 15.1. The summed E-state index contributed by atoms with van der Waals surface area (Å²) in [4.78, 5) is 21.4. The molecule has 0 aliphatic heterocycles. The number of carbonyl (C=O) groups excluding carboxylic acids is 1. The van der Waals surface area contributed by atoms with Gasteiger partial charge in [-0.15, -0.1) is 0 Å². The molecule has 8 heteroatoms. The van der Waals surface area contributed by atoms with E-state index in [0.717, 1.165) is 18.8 Å². The summed E-state index contributed by atoms with van der Waals surface area (Å²) in [7, 11) is 0. The molecule has 8 nitrogen and oxygen atoms in total. The number of aryl methyl sites for hydroxylation is 3. The Kier molecular flexibility index (Phi) is 4.45. The van der Waals surface area contributed by atoms with Crippen LogP contribution in [0, 0.1) is 13.8 Å². The van der Waals surface area contributed by atoms with Gasteiger partial charge in [-0.05, 0) is 38.5 Å². The second kappa shape index (κ2) is 7.06. The van der Waals surface area contributed by atoms with E-state index in [4.69, 9.17) is 8.94 Å². The molecule has 4 aromatic rings. The van der Waals surface area contributed by atoms with Gasteiger partial charge >= 0.3 is 0 Å². The number of aromatic nitrogens is 4. The van der Waals surface area contributed by atoms with Crippen molar-refractivity contribution in [2.24, 2.45) is 0 Å². The van der Waals surface area contributed by atoms with Gasteiger partial charge < -0.3 is 18.8 Å². The number of amides is 1. The Morgan fingerprint density at radius 2 is 2.22 bits per heavy atom. The Morgan fingerprint density at radius 1 is 1.33 bits per heavy atom. The molecule has 0 saturated heterocycles. The van der Waals surface area contributed by atoms with Crippen LogP contribution in [0.3, 0.4) is 0 Å². The van der Waals surface area contributed by atoms with Crippen LogP contribution < -0.4 is 5.32 Å². The molecular formula is C19H19N5O3. The molecule has 4 rings (SSSR count). The summed E-state index contributed by atoms with van der Waals surface area (Å²) in [5, 5.41) is 7.52. The average molecular weight is 365 g/mol. The van der Waals surface area contributed by atoms with Crippen LogP contribution in [0.15, 0.2) is 45.8 Å². The largest absolute Gasteiger partial charge is 0.463 e. The molecule has 0 unspecified atom stereocenters. The quantitative estimate of drug-likeness (QED) is 0.527. The van der Waals surface area contributed by atoms with E-state index in [1.54, 1.807) is 37.6 Å². The van der Waals surface area contributed by atoms with Crippen LogP contribution in [0.25, 0.3) is 22.6 Å². The van der Waals surface area contributed by atoms with E-state index < -0.39 is 0 Å². The van der Waals surface area contributed by atoms with Crippen LogP contribution in [0.1, 0.15) is 28.3 Å². The number of hydrogen-bond acceptors (Lipinski definition) is 6. The van der Waals surface area contributed by atoms with Crippen molar-refractivity contribution >= 4 is 17.0 Å². The highest BCUT2D eigenvalue weighted by molar-refractivity contribution is 6.06. The summed E-state index contributed by atoms with van der Waals surface area (Å²) in [6, 6.07) is 5.26. The Balaban J connectivity index is 1.53. The highest BCUT2D eigenvalue weighted by Gasteiger charge is 2.19. The fourth-order valence-corrected chi connectivity index (χ4v) is 3.01. The number of nitrogens with one attached hydrogen (secondary N) is 1. The second-order valence-corrected chi connectivity index (χ2v) is 6.26. The van der Waals surface area contributed by atoms with Crippen molar-refractivity contribution in [2.45, 2.75) is 26.8 Å². The number of fused-ring (bicyclic) bond motifs is 1. The van der Waals surface area contributed by atoms with Crippen LogP contribution in [0.2, 0.25) is 0 Å².